The molecule has 88 valence electrons. The molecule has 4 nitrogen and oxygen atoms in total. The zero-order valence-electron chi connectivity index (χ0n) is 8.34. The van der Waals surface area contributed by atoms with E-state index in [2.05, 4.69) is 9.97 Å². The Kier molecular flexibility index (Phi) is 3.08. The van der Waals surface area contributed by atoms with Crippen molar-refractivity contribution in [2.45, 2.75) is 9.92 Å². The van der Waals surface area contributed by atoms with E-state index in [9.17, 15) is 12.8 Å². The average Bonchev–Trinajstić information content (AvgIpc) is 2.29. The molecule has 0 fully saturated rings. The normalized spacial score (nSPS) is 11.4. The number of rotatable bonds is 2. The Labute approximate surface area is 102 Å². The molecule has 0 spiro atoms. The summed E-state index contributed by atoms with van der Waals surface area (Å²) < 4.78 is 37.5. The van der Waals surface area contributed by atoms with E-state index < -0.39 is 20.5 Å². The fraction of sp³-hybridized carbons (Fsp3) is 0. The zero-order chi connectivity index (χ0) is 12.5. The second-order valence-corrected chi connectivity index (χ2v) is 5.37. The van der Waals surface area contributed by atoms with Crippen molar-refractivity contribution in [1.82, 2.24) is 9.97 Å². The first kappa shape index (κ1) is 11.9. The van der Waals surface area contributed by atoms with Gasteiger partial charge in [0.1, 0.15) is 22.2 Å². The molecule has 0 aliphatic rings. The van der Waals surface area contributed by atoms with Gasteiger partial charge in [-0.1, -0.05) is 23.7 Å². The number of halogens is 2. The quantitative estimate of drug-likeness (QED) is 0.786. The molecule has 0 unspecified atom stereocenters. The van der Waals surface area contributed by atoms with E-state index in [1.54, 1.807) is 0 Å². The molecule has 0 saturated heterocycles. The molecule has 2 rings (SSSR count). The maximum absolute atomic E-state index is 13.4. The Bertz CT molecular complexity index is 661. The molecule has 1 aromatic heterocycles. The molecule has 0 amide bonds. The van der Waals surface area contributed by atoms with Gasteiger partial charge in [0.2, 0.25) is 9.84 Å². The molecule has 0 atom stereocenters. The molecule has 7 heteroatoms. The topological polar surface area (TPSA) is 59.9 Å². The second kappa shape index (κ2) is 4.38. The maximum Gasteiger partial charge on any atom is 0.226 e. The lowest BCUT2D eigenvalue weighted by Gasteiger charge is -2.04. The van der Waals surface area contributed by atoms with Crippen LogP contribution in [0.2, 0.25) is 5.15 Å². The third kappa shape index (κ3) is 2.27. The molecule has 1 aromatic carbocycles. The largest absolute Gasteiger partial charge is 0.226 e. The van der Waals surface area contributed by atoms with Crippen molar-refractivity contribution in [2.75, 3.05) is 0 Å². The lowest BCUT2D eigenvalue weighted by Crippen LogP contribution is -2.06. The van der Waals surface area contributed by atoms with Crippen LogP contribution in [0.5, 0.6) is 0 Å². The van der Waals surface area contributed by atoms with E-state index in [1.165, 1.54) is 18.2 Å². The van der Waals surface area contributed by atoms with Crippen LogP contribution >= 0.6 is 11.6 Å². The summed E-state index contributed by atoms with van der Waals surface area (Å²) in [6.45, 7) is 0. The second-order valence-electron chi connectivity index (χ2n) is 3.11. The van der Waals surface area contributed by atoms with Crippen LogP contribution in [0.4, 0.5) is 4.39 Å². The number of nitrogens with zero attached hydrogens (tertiary/aromatic N) is 2. The summed E-state index contributed by atoms with van der Waals surface area (Å²) in [5, 5.41) is -0.350. The molecule has 0 aliphatic heterocycles. The highest BCUT2D eigenvalue weighted by Gasteiger charge is 2.23. The lowest BCUT2D eigenvalue weighted by atomic mass is 10.3. The highest BCUT2D eigenvalue weighted by Crippen LogP contribution is 2.22. The van der Waals surface area contributed by atoms with Crippen LogP contribution in [0.15, 0.2) is 46.6 Å². The summed E-state index contributed by atoms with van der Waals surface area (Å²) in [6.07, 6.45) is 1.01. The fourth-order valence-corrected chi connectivity index (χ4v) is 2.71. The Morgan fingerprint density at radius 3 is 2.53 bits per heavy atom. The first-order chi connectivity index (χ1) is 8.01. The first-order valence-electron chi connectivity index (χ1n) is 4.49. The van der Waals surface area contributed by atoms with Crippen molar-refractivity contribution in [2.24, 2.45) is 0 Å². The van der Waals surface area contributed by atoms with Gasteiger partial charge in [-0.3, -0.25) is 0 Å². The Morgan fingerprint density at radius 2 is 1.88 bits per heavy atom. The summed E-state index contributed by atoms with van der Waals surface area (Å²) >= 11 is 5.57. The number of aromatic nitrogens is 2. The van der Waals surface area contributed by atoms with Crippen LogP contribution in [0.3, 0.4) is 0 Å². The minimum Gasteiger partial charge on any atom is -0.225 e. The maximum atomic E-state index is 13.4. The predicted octanol–water partition coefficient (Wildman–Crippen LogP) is 2.10. The molecule has 1 heterocycles. The van der Waals surface area contributed by atoms with Crippen molar-refractivity contribution in [1.29, 1.82) is 0 Å². The van der Waals surface area contributed by atoms with Crippen LogP contribution in [-0.2, 0) is 9.84 Å². The lowest BCUT2D eigenvalue weighted by molar-refractivity contribution is 0.564. The molecule has 0 N–H and O–H groups in total. The van der Waals surface area contributed by atoms with E-state index >= 15 is 0 Å². The molecular formula is C10H6ClFN2O2S. The molecule has 0 radical (unpaired) electrons. The van der Waals surface area contributed by atoms with E-state index in [1.807, 2.05) is 0 Å². The molecule has 0 bridgehead atoms. The summed E-state index contributed by atoms with van der Waals surface area (Å²) in [7, 11) is -4.00. The predicted molar refractivity (Wildman–Crippen MR) is 58.9 cm³/mol. The molecule has 0 saturated carbocycles. The number of sulfone groups is 1. The number of hydrogen-bond donors (Lipinski definition) is 0. The molecule has 0 aliphatic carbocycles. The number of hydrogen-bond acceptors (Lipinski definition) is 4. The smallest absolute Gasteiger partial charge is 0.225 e. The average molecular weight is 273 g/mol. The van der Waals surface area contributed by atoms with Gasteiger partial charge in [0.15, 0.2) is 5.03 Å². The van der Waals surface area contributed by atoms with Crippen molar-refractivity contribution in [3.63, 3.8) is 0 Å². The van der Waals surface area contributed by atoms with E-state index in [0.717, 1.165) is 18.5 Å². The van der Waals surface area contributed by atoms with E-state index in [0.29, 0.717) is 0 Å². The van der Waals surface area contributed by atoms with Crippen molar-refractivity contribution >= 4 is 21.4 Å². The minimum atomic E-state index is -4.00. The molecular weight excluding hydrogens is 267 g/mol. The van der Waals surface area contributed by atoms with Gasteiger partial charge in [-0.2, -0.15) is 0 Å². The summed E-state index contributed by atoms with van der Waals surface area (Å²) in [6, 6.07) is 6.14. The van der Waals surface area contributed by atoms with Gasteiger partial charge in [-0.05, 0) is 12.1 Å². The Balaban J connectivity index is 2.63. The Morgan fingerprint density at radius 1 is 1.18 bits per heavy atom. The monoisotopic (exact) mass is 272 g/mol. The Hall–Kier alpha value is -1.53. The van der Waals surface area contributed by atoms with Crippen LogP contribution in [0, 0.1) is 5.82 Å². The van der Waals surface area contributed by atoms with Crippen LogP contribution in [-0.4, -0.2) is 18.4 Å². The van der Waals surface area contributed by atoms with Gasteiger partial charge < -0.3 is 0 Å². The summed E-state index contributed by atoms with van der Waals surface area (Å²) in [5.41, 5.74) is 0. The van der Waals surface area contributed by atoms with Gasteiger partial charge in [0.05, 0.1) is 0 Å². The minimum absolute atomic E-state index is 0.0186. The van der Waals surface area contributed by atoms with Crippen molar-refractivity contribution in [3.05, 3.63) is 47.6 Å². The van der Waals surface area contributed by atoms with Crippen LogP contribution < -0.4 is 0 Å². The van der Waals surface area contributed by atoms with Gasteiger partial charge >= 0.3 is 0 Å². The van der Waals surface area contributed by atoms with Crippen molar-refractivity contribution < 1.29 is 12.8 Å². The summed E-state index contributed by atoms with van der Waals surface area (Å²) in [4.78, 5) is 6.71. The van der Waals surface area contributed by atoms with E-state index in [4.69, 9.17) is 11.6 Å². The van der Waals surface area contributed by atoms with Crippen LogP contribution in [0.1, 0.15) is 0 Å². The van der Waals surface area contributed by atoms with Gasteiger partial charge in [0, 0.05) is 6.07 Å². The highest BCUT2D eigenvalue weighted by atomic mass is 35.5. The molecule has 17 heavy (non-hydrogen) atoms. The first-order valence-corrected chi connectivity index (χ1v) is 6.35. The van der Waals surface area contributed by atoms with Crippen LogP contribution in [0.25, 0.3) is 0 Å². The van der Waals surface area contributed by atoms with Gasteiger partial charge in [-0.25, -0.2) is 22.8 Å². The van der Waals surface area contributed by atoms with Crippen molar-refractivity contribution in [3.8, 4) is 0 Å². The van der Waals surface area contributed by atoms with Gasteiger partial charge in [-0.15, -0.1) is 0 Å². The zero-order valence-corrected chi connectivity index (χ0v) is 9.91. The van der Waals surface area contributed by atoms with Gasteiger partial charge in [0.25, 0.3) is 0 Å². The SMILES string of the molecule is O=S(=O)(c1cc(Cl)ncn1)c1ccccc1F. The standard InChI is InChI=1S/C10H6ClFN2O2S/c11-9-5-10(14-6-13-9)17(15,16)8-4-2-1-3-7(8)12/h1-6H. The highest BCUT2D eigenvalue weighted by molar-refractivity contribution is 7.91. The molecule has 2 aromatic rings. The third-order valence-electron chi connectivity index (χ3n) is 2.01. The summed E-state index contributed by atoms with van der Waals surface area (Å²) in [5.74, 6) is -0.831. The number of benzene rings is 1. The van der Waals surface area contributed by atoms with E-state index in [-0.39, 0.29) is 10.2 Å². The fourth-order valence-electron chi connectivity index (χ4n) is 1.24. The third-order valence-corrected chi connectivity index (χ3v) is 3.90.